The van der Waals surface area contributed by atoms with Gasteiger partial charge in [0.1, 0.15) is 5.82 Å². The number of nitrogens with zero attached hydrogens (tertiary/aromatic N) is 2. The maximum Gasteiger partial charge on any atom is 0.227 e. The summed E-state index contributed by atoms with van der Waals surface area (Å²) in [6.45, 7) is 3.52. The molecule has 2 aromatic rings. The minimum atomic E-state index is -0.267. The van der Waals surface area contributed by atoms with Gasteiger partial charge in [-0.15, -0.1) is 12.4 Å². The molecule has 1 saturated heterocycles. The van der Waals surface area contributed by atoms with Gasteiger partial charge in [-0.1, -0.05) is 5.16 Å². The Balaban J connectivity index is 0.00000225. The lowest BCUT2D eigenvalue weighted by molar-refractivity contribution is -0.121. The number of nitrogens with one attached hydrogen (secondary N) is 2. The summed E-state index contributed by atoms with van der Waals surface area (Å²) in [7, 11) is 0. The normalized spacial score (nSPS) is 17.0. The highest BCUT2D eigenvalue weighted by molar-refractivity contribution is 5.85. The molecule has 1 unspecified atom stereocenters. The van der Waals surface area contributed by atoms with E-state index in [1.54, 1.807) is 19.1 Å². The van der Waals surface area contributed by atoms with E-state index in [1.807, 2.05) is 0 Å². The van der Waals surface area contributed by atoms with Crippen LogP contribution in [-0.4, -0.2) is 35.2 Å². The number of halogens is 2. The van der Waals surface area contributed by atoms with Crippen LogP contribution in [0.3, 0.4) is 0 Å². The fourth-order valence-corrected chi connectivity index (χ4v) is 2.75. The van der Waals surface area contributed by atoms with Gasteiger partial charge in [0.2, 0.25) is 17.6 Å². The lowest BCUT2D eigenvalue weighted by Gasteiger charge is -2.23. The topological polar surface area (TPSA) is 80.0 Å². The Bertz CT molecular complexity index is 716. The van der Waals surface area contributed by atoms with Crippen molar-refractivity contribution in [2.75, 3.05) is 13.1 Å². The van der Waals surface area contributed by atoms with Gasteiger partial charge < -0.3 is 15.2 Å². The molecule has 2 N–H and O–H groups in total. The van der Waals surface area contributed by atoms with E-state index in [0.717, 1.165) is 25.9 Å². The van der Waals surface area contributed by atoms with Crippen LogP contribution in [0, 0.1) is 12.7 Å². The molecule has 1 amide bonds. The smallest absolute Gasteiger partial charge is 0.227 e. The Morgan fingerprint density at radius 2 is 2.32 bits per heavy atom. The second-order valence-electron chi connectivity index (χ2n) is 6.09. The number of carbonyl (C=O) groups is 1. The van der Waals surface area contributed by atoms with E-state index in [0.29, 0.717) is 35.7 Å². The van der Waals surface area contributed by atoms with Crippen molar-refractivity contribution in [2.24, 2.45) is 0 Å². The van der Waals surface area contributed by atoms with E-state index in [-0.39, 0.29) is 30.2 Å². The average Bonchev–Trinajstić information content (AvgIpc) is 3.05. The number of carbonyl (C=O) groups excluding carboxylic acids is 1. The van der Waals surface area contributed by atoms with Gasteiger partial charge in [0.25, 0.3) is 0 Å². The predicted octanol–water partition coefficient (Wildman–Crippen LogP) is 2.41. The van der Waals surface area contributed by atoms with Crippen molar-refractivity contribution in [1.29, 1.82) is 0 Å². The SMILES string of the molecule is Cc1cc(-c2noc(CCC(=O)NC3CCCNC3)n2)ccc1F.Cl. The van der Waals surface area contributed by atoms with Gasteiger partial charge in [-0.3, -0.25) is 4.79 Å². The van der Waals surface area contributed by atoms with E-state index >= 15 is 0 Å². The summed E-state index contributed by atoms with van der Waals surface area (Å²) >= 11 is 0. The first kappa shape index (κ1) is 19.3. The van der Waals surface area contributed by atoms with Gasteiger partial charge in [-0.2, -0.15) is 4.98 Å². The fraction of sp³-hybridized carbons (Fsp3) is 0.471. The number of aryl methyl sites for hydroxylation is 2. The third kappa shape index (κ3) is 5.24. The van der Waals surface area contributed by atoms with Gasteiger partial charge in [0.15, 0.2) is 0 Å². The van der Waals surface area contributed by atoms with E-state index < -0.39 is 0 Å². The molecule has 2 heterocycles. The van der Waals surface area contributed by atoms with Crippen LogP contribution in [0.5, 0.6) is 0 Å². The molecule has 1 atom stereocenters. The highest BCUT2D eigenvalue weighted by Gasteiger charge is 2.16. The highest BCUT2D eigenvalue weighted by Crippen LogP contribution is 2.19. The molecule has 0 aliphatic carbocycles. The minimum absolute atomic E-state index is 0. The Labute approximate surface area is 152 Å². The van der Waals surface area contributed by atoms with Crippen LogP contribution >= 0.6 is 12.4 Å². The van der Waals surface area contributed by atoms with Crippen molar-refractivity contribution >= 4 is 18.3 Å². The molecule has 8 heteroatoms. The molecule has 136 valence electrons. The molecular formula is C17H22ClFN4O2. The Morgan fingerprint density at radius 3 is 3.04 bits per heavy atom. The number of amides is 1. The fourth-order valence-electron chi connectivity index (χ4n) is 2.75. The maximum atomic E-state index is 13.3. The second-order valence-corrected chi connectivity index (χ2v) is 6.09. The molecule has 1 aliphatic heterocycles. The van der Waals surface area contributed by atoms with Gasteiger partial charge in [0, 0.05) is 31.0 Å². The molecule has 1 aromatic heterocycles. The first-order valence-corrected chi connectivity index (χ1v) is 8.21. The number of piperidine rings is 1. The zero-order valence-electron chi connectivity index (χ0n) is 14.0. The molecule has 0 spiro atoms. The number of hydrogen-bond acceptors (Lipinski definition) is 5. The van der Waals surface area contributed by atoms with E-state index in [4.69, 9.17) is 4.52 Å². The third-order valence-corrected chi connectivity index (χ3v) is 4.11. The Hall–Kier alpha value is -1.99. The van der Waals surface area contributed by atoms with Gasteiger partial charge in [-0.05, 0) is 50.1 Å². The van der Waals surface area contributed by atoms with Crippen LogP contribution in [0.25, 0.3) is 11.4 Å². The summed E-state index contributed by atoms with van der Waals surface area (Å²) in [4.78, 5) is 16.3. The summed E-state index contributed by atoms with van der Waals surface area (Å²) in [5, 5.41) is 10.2. The summed E-state index contributed by atoms with van der Waals surface area (Å²) in [5.74, 6) is 0.534. The van der Waals surface area contributed by atoms with Crippen molar-refractivity contribution in [3.63, 3.8) is 0 Å². The zero-order valence-corrected chi connectivity index (χ0v) is 14.9. The van der Waals surface area contributed by atoms with Crippen molar-refractivity contribution in [2.45, 2.75) is 38.6 Å². The quantitative estimate of drug-likeness (QED) is 0.847. The maximum absolute atomic E-state index is 13.3. The summed E-state index contributed by atoms with van der Waals surface area (Å²) in [6, 6.07) is 4.87. The summed E-state index contributed by atoms with van der Waals surface area (Å²) < 4.78 is 18.5. The van der Waals surface area contributed by atoms with Crippen molar-refractivity contribution < 1.29 is 13.7 Å². The van der Waals surface area contributed by atoms with Crippen LogP contribution in [-0.2, 0) is 11.2 Å². The molecule has 1 aromatic carbocycles. The first-order chi connectivity index (χ1) is 11.6. The first-order valence-electron chi connectivity index (χ1n) is 8.21. The number of hydrogen-bond donors (Lipinski definition) is 2. The Morgan fingerprint density at radius 1 is 1.48 bits per heavy atom. The molecule has 0 bridgehead atoms. The summed E-state index contributed by atoms with van der Waals surface area (Å²) in [5.41, 5.74) is 1.22. The van der Waals surface area contributed by atoms with Crippen LogP contribution < -0.4 is 10.6 Å². The molecule has 0 saturated carbocycles. The Kier molecular flexibility index (Phi) is 6.90. The second kappa shape index (κ2) is 8.92. The van der Waals surface area contributed by atoms with Crippen molar-refractivity contribution in [3.05, 3.63) is 35.5 Å². The van der Waals surface area contributed by atoms with Gasteiger partial charge in [0.05, 0.1) is 0 Å². The van der Waals surface area contributed by atoms with E-state index in [1.165, 1.54) is 6.07 Å². The molecule has 0 radical (unpaired) electrons. The number of benzene rings is 1. The van der Waals surface area contributed by atoms with Crippen molar-refractivity contribution in [3.8, 4) is 11.4 Å². The predicted molar refractivity (Wildman–Crippen MR) is 94.0 cm³/mol. The molecule has 1 aliphatic rings. The third-order valence-electron chi connectivity index (χ3n) is 4.11. The molecule has 25 heavy (non-hydrogen) atoms. The van der Waals surface area contributed by atoms with Crippen LogP contribution in [0.2, 0.25) is 0 Å². The standard InChI is InChI=1S/C17H21FN4O2.ClH/c1-11-9-12(4-5-14(11)18)17-21-16(24-22-17)7-6-15(23)20-13-3-2-8-19-10-13;/h4-5,9,13,19H,2-3,6-8,10H2,1H3,(H,20,23);1H. The summed E-state index contributed by atoms with van der Waals surface area (Å²) in [6.07, 6.45) is 2.78. The number of rotatable bonds is 5. The lowest BCUT2D eigenvalue weighted by atomic mass is 10.1. The van der Waals surface area contributed by atoms with E-state index in [9.17, 15) is 9.18 Å². The van der Waals surface area contributed by atoms with Crippen LogP contribution in [0.15, 0.2) is 22.7 Å². The van der Waals surface area contributed by atoms with Crippen LogP contribution in [0.1, 0.15) is 30.7 Å². The molecular weight excluding hydrogens is 347 g/mol. The van der Waals surface area contributed by atoms with Gasteiger partial charge >= 0.3 is 0 Å². The minimum Gasteiger partial charge on any atom is -0.352 e. The molecule has 3 rings (SSSR count). The molecule has 6 nitrogen and oxygen atoms in total. The monoisotopic (exact) mass is 368 g/mol. The zero-order chi connectivity index (χ0) is 16.9. The van der Waals surface area contributed by atoms with Crippen LogP contribution in [0.4, 0.5) is 4.39 Å². The number of aromatic nitrogens is 2. The highest BCUT2D eigenvalue weighted by atomic mass is 35.5. The van der Waals surface area contributed by atoms with Crippen molar-refractivity contribution in [1.82, 2.24) is 20.8 Å². The van der Waals surface area contributed by atoms with E-state index in [2.05, 4.69) is 20.8 Å². The largest absolute Gasteiger partial charge is 0.352 e. The lowest BCUT2D eigenvalue weighted by Crippen LogP contribution is -2.45. The molecule has 1 fully saturated rings. The average molecular weight is 369 g/mol. The van der Waals surface area contributed by atoms with Gasteiger partial charge in [-0.25, -0.2) is 4.39 Å².